The first-order valence-electron chi connectivity index (χ1n) is 5.65. The number of rotatable bonds is 4. The van der Waals surface area contributed by atoms with E-state index in [2.05, 4.69) is 15.9 Å². The predicted molar refractivity (Wildman–Crippen MR) is 66.7 cm³/mol. The maximum Gasteiger partial charge on any atom is 0.389 e. The highest BCUT2D eigenvalue weighted by molar-refractivity contribution is 9.10. The largest absolute Gasteiger partial charge is 0.389 e. The lowest BCUT2D eigenvalue weighted by molar-refractivity contribution is -0.138. The highest BCUT2D eigenvalue weighted by atomic mass is 79.9. The number of halogens is 6. The molecule has 0 aliphatic heterocycles. The quantitative estimate of drug-likeness (QED) is 0.575. The molecule has 0 N–H and O–H groups in total. The lowest BCUT2D eigenvalue weighted by Crippen LogP contribution is -2.23. The first-order valence-corrected chi connectivity index (χ1v) is 6.44. The van der Waals surface area contributed by atoms with Crippen LogP contribution in [0, 0.1) is 39.7 Å². The zero-order valence-corrected chi connectivity index (χ0v) is 12.0. The molecule has 0 aromatic heterocycles. The van der Waals surface area contributed by atoms with E-state index in [9.17, 15) is 22.0 Å². The number of nitriles is 2. The number of benzene rings is 1. The van der Waals surface area contributed by atoms with Crippen molar-refractivity contribution in [1.82, 2.24) is 0 Å². The number of hydrogen-bond donors (Lipinski definition) is 0. The molecule has 0 bridgehead atoms. The van der Waals surface area contributed by atoms with Crippen LogP contribution < -0.4 is 0 Å². The Morgan fingerprint density at radius 2 is 1.48 bits per heavy atom. The van der Waals surface area contributed by atoms with E-state index in [1.807, 2.05) is 0 Å². The van der Waals surface area contributed by atoms with E-state index in [0.29, 0.717) is 0 Å². The van der Waals surface area contributed by atoms with Crippen molar-refractivity contribution in [2.45, 2.75) is 25.4 Å². The van der Waals surface area contributed by atoms with Crippen molar-refractivity contribution in [2.24, 2.45) is 5.41 Å². The smallest absolute Gasteiger partial charge is 0.206 e. The minimum atomic E-state index is -4.52. The van der Waals surface area contributed by atoms with Crippen LogP contribution in [-0.4, -0.2) is 6.18 Å². The summed E-state index contributed by atoms with van der Waals surface area (Å²) in [4.78, 5) is 0. The molecule has 0 spiro atoms. The summed E-state index contributed by atoms with van der Waals surface area (Å²) in [5.74, 6) is -1.91. The summed E-state index contributed by atoms with van der Waals surface area (Å²) in [6.45, 7) is 0. The van der Waals surface area contributed by atoms with Gasteiger partial charge in [0, 0.05) is 12.8 Å². The monoisotopic (exact) mass is 366 g/mol. The van der Waals surface area contributed by atoms with Crippen LogP contribution in [0.15, 0.2) is 16.6 Å². The minimum absolute atomic E-state index is 0.0570. The van der Waals surface area contributed by atoms with E-state index in [1.54, 1.807) is 0 Å². The SMILES string of the molecule is N#CC(C#N)(CCC(F)(F)F)Cc1cc(F)c(Br)c(F)c1. The Balaban J connectivity index is 3.05. The fourth-order valence-electron chi connectivity index (χ4n) is 1.72. The normalized spacial score (nSPS) is 11.8. The van der Waals surface area contributed by atoms with Crippen LogP contribution >= 0.6 is 15.9 Å². The van der Waals surface area contributed by atoms with E-state index in [-0.39, 0.29) is 5.56 Å². The summed E-state index contributed by atoms with van der Waals surface area (Å²) in [5.41, 5.74) is -2.04. The van der Waals surface area contributed by atoms with Crippen LogP contribution in [-0.2, 0) is 6.42 Å². The van der Waals surface area contributed by atoms with Crippen LogP contribution in [0.25, 0.3) is 0 Å². The zero-order valence-electron chi connectivity index (χ0n) is 10.4. The zero-order chi connectivity index (χ0) is 16.3. The molecule has 0 atom stereocenters. The summed E-state index contributed by atoms with van der Waals surface area (Å²) >= 11 is 2.66. The van der Waals surface area contributed by atoms with Crippen molar-refractivity contribution in [3.8, 4) is 12.1 Å². The van der Waals surface area contributed by atoms with Gasteiger partial charge >= 0.3 is 6.18 Å². The van der Waals surface area contributed by atoms with Crippen molar-refractivity contribution in [1.29, 1.82) is 10.5 Å². The molecule has 112 valence electrons. The Bertz CT molecular complexity index is 575. The molecule has 1 aromatic carbocycles. The van der Waals surface area contributed by atoms with Gasteiger partial charge < -0.3 is 0 Å². The minimum Gasteiger partial charge on any atom is -0.206 e. The summed E-state index contributed by atoms with van der Waals surface area (Å²) in [6.07, 6.45) is -7.09. The molecule has 0 aliphatic carbocycles. The van der Waals surface area contributed by atoms with Gasteiger partial charge in [-0.2, -0.15) is 23.7 Å². The fraction of sp³-hybridized carbons (Fsp3) is 0.385. The summed E-state index contributed by atoms with van der Waals surface area (Å²) in [6, 6.07) is 4.80. The Morgan fingerprint density at radius 1 is 1.00 bits per heavy atom. The van der Waals surface area contributed by atoms with Gasteiger partial charge in [0.05, 0.1) is 16.6 Å². The predicted octanol–water partition coefficient (Wildman–Crippen LogP) is 4.65. The van der Waals surface area contributed by atoms with Crippen LogP contribution in [0.1, 0.15) is 18.4 Å². The van der Waals surface area contributed by atoms with Gasteiger partial charge in [0.1, 0.15) is 17.0 Å². The second-order valence-corrected chi connectivity index (χ2v) is 5.26. The summed E-state index contributed by atoms with van der Waals surface area (Å²) < 4.78 is 63.0. The third kappa shape index (κ3) is 4.68. The third-order valence-electron chi connectivity index (χ3n) is 2.81. The van der Waals surface area contributed by atoms with Crippen molar-refractivity contribution in [3.63, 3.8) is 0 Å². The Labute approximate surface area is 125 Å². The molecule has 0 fully saturated rings. The van der Waals surface area contributed by atoms with E-state index in [0.717, 1.165) is 12.1 Å². The first-order chi connectivity index (χ1) is 9.62. The molecule has 0 saturated carbocycles. The first kappa shape index (κ1) is 17.4. The Hall–Kier alpha value is -1.67. The Morgan fingerprint density at radius 3 is 1.86 bits per heavy atom. The second-order valence-electron chi connectivity index (χ2n) is 4.47. The van der Waals surface area contributed by atoms with Gasteiger partial charge in [0.15, 0.2) is 0 Å². The molecule has 0 aliphatic rings. The van der Waals surface area contributed by atoms with Gasteiger partial charge in [-0.3, -0.25) is 0 Å². The van der Waals surface area contributed by atoms with Crippen molar-refractivity contribution < 1.29 is 22.0 Å². The van der Waals surface area contributed by atoms with Crippen molar-refractivity contribution in [3.05, 3.63) is 33.8 Å². The number of nitrogens with zero attached hydrogens (tertiary/aromatic N) is 2. The van der Waals surface area contributed by atoms with Crippen molar-refractivity contribution >= 4 is 15.9 Å². The molecule has 8 heteroatoms. The molecule has 1 rings (SSSR count). The molecule has 0 heterocycles. The standard InChI is InChI=1S/C13H8BrF5N2/c14-11-9(15)3-8(4-10(11)16)5-12(6-20,7-21)1-2-13(17,18)19/h3-4H,1-2,5H2. The van der Waals surface area contributed by atoms with Crippen LogP contribution in [0.5, 0.6) is 0 Å². The van der Waals surface area contributed by atoms with E-state index >= 15 is 0 Å². The molecule has 1 aromatic rings. The molecular formula is C13H8BrF5N2. The van der Waals surface area contributed by atoms with E-state index < -0.39 is 47.0 Å². The molecule has 21 heavy (non-hydrogen) atoms. The lowest BCUT2D eigenvalue weighted by Gasteiger charge is -2.19. The number of hydrogen-bond acceptors (Lipinski definition) is 2. The van der Waals surface area contributed by atoms with Crippen LogP contribution in [0.3, 0.4) is 0 Å². The highest BCUT2D eigenvalue weighted by Gasteiger charge is 2.37. The highest BCUT2D eigenvalue weighted by Crippen LogP contribution is 2.34. The van der Waals surface area contributed by atoms with Gasteiger partial charge in [0.2, 0.25) is 0 Å². The van der Waals surface area contributed by atoms with E-state index in [4.69, 9.17) is 10.5 Å². The van der Waals surface area contributed by atoms with Gasteiger partial charge in [-0.15, -0.1) is 0 Å². The van der Waals surface area contributed by atoms with Crippen molar-refractivity contribution in [2.75, 3.05) is 0 Å². The molecular weight excluding hydrogens is 359 g/mol. The van der Waals surface area contributed by atoms with Gasteiger partial charge in [0.25, 0.3) is 0 Å². The Kier molecular flexibility index (Phi) is 5.30. The molecule has 0 amide bonds. The topological polar surface area (TPSA) is 47.6 Å². The molecule has 0 saturated heterocycles. The molecule has 0 radical (unpaired) electrons. The summed E-state index contributed by atoms with van der Waals surface area (Å²) in [5, 5.41) is 18.0. The average Bonchev–Trinajstić information content (AvgIpc) is 2.40. The summed E-state index contributed by atoms with van der Waals surface area (Å²) in [7, 11) is 0. The van der Waals surface area contributed by atoms with Gasteiger partial charge in [-0.1, -0.05) is 0 Å². The molecule has 0 unspecified atom stereocenters. The third-order valence-corrected chi connectivity index (χ3v) is 3.57. The lowest BCUT2D eigenvalue weighted by atomic mass is 9.80. The molecule has 2 nitrogen and oxygen atoms in total. The maximum absolute atomic E-state index is 13.4. The second kappa shape index (κ2) is 6.40. The van der Waals surface area contributed by atoms with Gasteiger partial charge in [-0.05, 0) is 40.0 Å². The van der Waals surface area contributed by atoms with Crippen LogP contribution in [0.2, 0.25) is 0 Å². The van der Waals surface area contributed by atoms with E-state index in [1.165, 1.54) is 12.1 Å². The average molecular weight is 367 g/mol. The maximum atomic E-state index is 13.4. The number of alkyl halides is 3. The van der Waals surface area contributed by atoms with Gasteiger partial charge in [-0.25, -0.2) is 8.78 Å². The fourth-order valence-corrected chi connectivity index (χ4v) is 1.95. The van der Waals surface area contributed by atoms with Crippen LogP contribution in [0.4, 0.5) is 22.0 Å².